The lowest BCUT2D eigenvalue weighted by molar-refractivity contribution is -0.134. The van der Waals surface area contributed by atoms with Gasteiger partial charge in [0.25, 0.3) is 5.97 Å². The number of nitrogens with two attached hydrogens (primary N) is 1. The van der Waals surface area contributed by atoms with Gasteiger partial charge in [-0.2, -0.15) is 0 Å². The molecule has 0 aromatic heterocycles. The van der Waals surface area contributed by atoms with Gasteiger partial charge in [0.2, 0.25) is 0 Å². The van der Waals surface area contributed by atoms with Crippen molar-refractivity contribution in [2.24, 2.45) is 5.73 Å². The Morgan fingerprint density at radius 1 is 1.09 bits per heavy atom. The molecule has 5 nitrogen and oxygen atoms in total. The smallest absolute Gasteiger partial charge is 0.300 e. The van der Waals surface area contributed by atoms with E-state index in [0.29, 0.717) is 0 Å². The van der Waals surface area contributed by atoms with Gasteiger partial charge < -0.3 is 21.1 Å². The number of aryl methyl sites for hydroxylation is 1. The summed E-state index contributed by atoms with van der Waals surface area (Å²) in [6.45, 7) is 2.08. The predicted molar refractivity (Wildman–Crippen MR) is 92.3 cm³/mol. The average Bonchev–Trinajstić information content (AvgIpc) is 2.52. The fraction of sp³-hybridized carbons (Fsp3) is 0.611. The topological polar surface area (TPSA) is 104 Å². The Morgan fingerprint density at radius 2 is 1.70 bits per heavy atom. The van der Waals surface area contributed by atoms with E-state index in [0.717, 1.165) is 64.0 Å². The first-order valence-corrected chi connectivity index (χ1v) is 8.28. The summed E-state index contributed by atoms with van der Waals surface area (Å²) in [7, 11) is 0. The summed E-state index contributed by atoms with van der Waals surface area (Å²) < 4.78 is 0. The summed E-state index contributed by atoms with van der Waals surface area (Å²) >= 11 is 0. The quantitative estimate of drug-likeness (QED) is 0.495. The Balaban J connectivity index is 0.00000108. The molecule has 5 heteroatoms. The molecular weight excluding hydrogens is 294 g/mol. The third-order valence-corrected chi connectivity index (χ3v) is 3.42. The van der Waals surface area contributed by atoms with Crippen molar-refractivity contribution in [2.45, 2.75) is 58.0 Å². The van der Waals surface area contributed by atoms with E-state index in [1.807, 2.05) is 12.1 Å². The maximum atomic E-state index is 10.1. The maximum Gasteiger partial charge on any atom is 0.300 e. The highest BCUT2D eigenvalue weighted by molar-refractivity contribution is 5.62. The van der Waals surface area contributed by atoms with Gasteiger partial charge in [0, 0.05) is 13.5 Å². The number of aliphatic hydroxyl groups is 2. The zero-order valence-electron chi connectivity index (χ0n) is 14.1. The summed E-state index contributed by atoms with van der Waals surface area (Å²) in [4.78, 5) is 9.00. The molecule has 0 saturated carbocycles. The molecule has 23 heavy (non-hydrogen) atoms. The third-order valence-electron chi connectivity index (χ3n) is 3.42. The maximum absolute atomic E-state index is 10.1. The van der Waals surface area contributed by atoms with E-state index < -0.39 is 5.97 Å². The van der Waals surface area contributed by atoms with Crippen molar-refractivity contribution < 1.29 is 20.1 Å². The van der Waals surface area contributed by atoms with Crippen LogP contribution in [0, 0.1) is 0 Å². The number of carboxylic acid groups (broad SMARTS) is 1. The second-order valence-corrected chi connectivity index (χ2v) is 5.60. The molecule has 0 amide bonds. The predicted octanol–water partition coefficient (Wildman–Crippen LogP) is 2.65. The van der Waals surface area contributed by atoms with E-state index in [9.17, 15) is 5.11 Å². The largest absolute Gasteiger partial charge is 0.481 e. The highest BCUT2D eigenvalue weighted by Crippen LogP contribution is 2.20. The van der Waals surface area contributed by atoms with Gasteiger partial charge >= 0.3 is 0 Å². The molecule has 5 N–H and O–H groups in total. The van der Waals surface area contributed by atoms with Crippen LogP contribution in [0.25, 0.3) is 0 Å². The van der Waals surface area contributed by atoms with Crippen LogP contribution < -0.4 is 5.73 Å². The highest BCUT2D eigenvalue weighted by atomic mass is 16.4. The zero-order chi connectivity index (χ0) is 17.5. The lowest BCUT2D eigenvalue weighted by Gasteiger charge is -2.11. The number of unbranched alkanes of at least 4 members (excludes halogenated alkanes) is 3. The van der Waals surface area contributed by atoms with E-state index in [-0.39, 0.29) is 12.7 Å². The van der Waals surface area contributed by atoms with Gasteiger partial charge in [-0.3, -0.25) is 4.79 Å². The zero-order valence-corrected chi connectivity index (χ0v) is 14.1. The molecule has 0 saturated heterocycles. The molecule has 0 fully saturated rings. The Hall–Kier alpha value is -1.43. The minimum atomic E-state index is -0.833. The number of hydrogen-bond donors (Lipinski definition) is 4. The lowest BCUT2D eigenvalue weighted by Crippen LogP contribution is -2.00. The van der Waals surface area contributed by atoms with Gasteiger partial charge in [-0.05, 0) is 49.8 Å². The van der Waals surface area contributed by atoms with Crippen molar-refractivity contribution in [3.8, 4) is 0 Å². The monoisotopic (exact) mass is 325 g/mol. The molecule has 0 aliphatic heterocycles. The number of hydrogen-bond acceptors (Lipinski definition) is 4. The van der Waals surface area contributed by atoms with Crippen molar-refractivity contribution in [1.82, 2.24) is 0 Å². The van der Waals surface area contributed by atoms with E-state index in [2.05, 4.69) is 12.1 Å². The number of carbonyl (C=O) groups is 1. The second-order valence-electron chi connectivity index (χ2n) is 5.60. The number of aliphatic hydroxyl groups excluding tert-OH is 2. The van der Waals surface area contributed by atoms with Gasteiger partial charge in [-0.1, -0.05) is 37.1 Å². The number of rotatable bonds is 10. The first-order valence-electron chi connectivity index (χ1n) is 8.28. The van der Waals surface area contributed by atoms with E-state index in [1.165, 1.54) is 5.56 Å². The average molecular weight is 325 g/mol. The molecule has 1 aromatic carbocycles. The molecule has 1 unspecified atom stereocenters. The molecule has 132 valence electrons. The van der Waals surface area contributed by atoms with Gasteiger partial charge in [0.05, 0.1) is 6.10 Å². The second kappa shape index (κ2) is 14.2. The molecule has 0 bridgehead atoms. The summed E-state index contributed by atoms with van der Waals surface area (Å²) in [6.07, 6.45) is 6.46. The van der Waals surface area contributed by atoms with Gasteiger partial charge in [-0.25, -0.2) is 0 Å². The van der Waals surface area contributed by atoms with Crippen LogP contribution in [0.2, 0.25) is 0 Å². The van der Waals surface area contributed by atoms with Gasteiger partial charge in [0.15, 0.2) is 0 Å². The van der Waals surface area contributed by atoms with Crippen LogP contribution in [-0.4, -0.2) is 34.4 Å². The number of carboxylic acids is 1. The summed E-state index contributed by atoms with van der Waals surface area (Å²) in [6, 6.07) is 8.19. The number of benzene rings is 1. The summed E-state index contributed by atoms with van der Waals surface area (Å²) in [5.41, 5.74) is 7.71. The van der Waals surface area contributed by atoms with Crippen LogP contribution in [0.3, 0.4) is 0 Å². The van der Waals surface area contributed by atoms with Crippen molar-refractivity contribution in [3.05, 3.63) is 35.4 Å². The van der Waals surface area contributed by atoms with Crippen LogP contribution >= 0.6 is 0 Å². The van der Waals surface area contributed by atoms with Crippen LogP contribution in [0.5, 0.6) is 0 Å². The molecule has 0 spiro atoms. The Kier molecular flexibility index (Phi) is 13.3. The van der Waals surface area contributed by atoms with Crippen molar-refractivity contribution >= 4 is 5.97 Å². The van der Waals surface area contributed by atoms with Crippen LogP contribution in [0.1, 0.15) is 62.7 Å². The molecule has 0 aliphatic rings. The van der Waals surface area contributed by atoms with Crippen molar-refractivity contribution in [2.75, 3.05) is 13.2 Å². The third kappa shape index (κ3) is 12.8. The minimum Gasteiger partial charge on any atom is -0.481 e. The molecule has 1 aromatic rings. The number of aliphatic carboxylic acids is 1. The summed E-state index contributed by atoms with van der Waals surface area (Å²) in [5, 5.41) is 26.2. The van der Waals surface area contributed by atoms with Crippen LogP contribution in [0.15, 0.2) is 24.3 Å². The first kappa shape index (κ1) is 21.6. The Labute approximate surface area is 139 Å². The van der Waals surface area contributed by atoms with Crippen molar-refractivity contribution in [1.29, 1.82) is 0 Å². The first-order chi connectivity index (χ1) is 11.0. The fourth-order valence-electron chi connectivity index (χ4n) is 2.17. The Bertz CT molecular complexity index is 402. The highest BCUT2D eigenvalue weighted by Gasteiger charge is 2.06. The molecule has 1 atom stereocenters. The molecule has 0 radical (unpaired) electrons. The normalized spacial score (nSPS) is 11.5. The van der Waals surface area contributed by atoms with Gasteiger partial charge in [0.1, 0.15) is 0 Å². The molecular formula is C18H31NO4. The minimum absolute atomic E-state index is 0.263. The lowest BCUT2D eigenvalue weighted by atomic mass is 10.00. The molecule has 0 heterocycles. The standard InChI is InChI=1S/C16H27NO2.C2H4O2/c17-12-4-1-2-7-16(19)15-10-8-14(9-11-15)6-3-5-13-18;1-2(3)4/h8-11,16,18-19H,1-7,12-13,17H2;1H3,(H,3,4). The summed E-state index contributed by atoms with van der Waals surface area (Å²) in [5.74, 6) is -0.833. The Morgan fingerprint density at radius 3 is 2.22 bits per heavy atom. The van der Waals surface area contributed by atoms with Crippen LogP contribution in [0.4, 0.5) is 0 Å². The molecule has 1 rings (SSSR count). The van der Waals surface area contributed by atoms with E-state index >= 15 is 0 Å². The SMILES string of the molecule is CC(=O)O.NCCCCCC(O)c1ccc(CCCCO)cc1. The van der Waals surface area contributed by atoms with Crippen molar-refractivity contribution in [3.63, 3.8) is 0 Å². The van der Waals surface area contributed by atoms with Gasteiger partial charge in [-0.15, -0.1) is 0 Å². The van der Waals surface area contributed by atoms with Crippen LogP contribution in [-0.2, 0) is 11.2 Å². The molecule has 0 aliphatic carbocycles. The van der Waals surface area contributed by atoms with E-state index in [1.54, 1.807) is 0 Å². The van der Waals surface area contributed by atoms with E-state index in [4.69, 9.17) is 20.7 Å². The fourth-order valence-corrected chi connectivity index (χ4v) is 2.17.